The normalized spacial score (nSPS) is 13.0. The average molecular weight is 318 g/mol. The van der Waals surface area contributed by atoms with E-state index in [1.807, 2.05) is 13.2 Å². The Balaban J connectivity index is 3.31. The third kappa shape index (κ3) is 3.86. The van der Waals surface area contributed by atoms with Crippen LogP contribution in [0.15, 0.2) is 23.1 Å². The Labute approximate surface area is 123 Å². The smallest absolute Gasteiger partial charge is 0.293 e. The van der Waals surface area contributed by atoms with Crippen molar-refractivity contribution in [1.82, 2.24) is 0 Å². The van der Waals surface area contributed by atoms with E-state index in [1.54, 1.807) is 23.7 Å². The van der Waals surface area contributed by atoms with Gasteiger partial charge in [-0.3, -0.25) is 10.1 Å². The molecular formula is C12H18N2O4S2. The molecule has 0 heterocycles. The zero-order valence-electron chi connectivity index (χ0n) is 11.9. The molecule has 0 amide bonds. The lowest BCUT2D eigenvalue weighted by molar-refractivity contribution is -0.384. The van der Waals surface area contributed by atoms with Gasteiger partial charge in [0.05, 0.1) is 9.82 Å². The second-order valence-electron chi connectivity index (χ2n) is 4.60. The molecule has 0 radical (unpaired) electrons. The molecule has 0 bridgehead atoms. The molecule has 112 valence electrons. The van der Waals surface area contributed by atoms with Gasteiger partial charge in [0.25, 0.3) is 5.69 Å². The number of rotatable bonds is 6. The molecule has 0 aromatic heterocycles. The van der Waals surface area contributed by atoms with E-state index in [0.717, 1.165) is 18.1 Å². The van der Waals surface area contributed by atoms with Gasteiger partial charge >= 0.3 is 0 Å². The molecule has 0 N–H and O–H groups in total. The fourth-order valence-corrected chi connectivity index (χ4v) is 3.12. The molecule has 0 aliphatic rings. The summed E-state index contributed by atoms with van der Waals surface area (Å²) in [5.41, 5.74) is 0.229. The minimum absolute atomic E-state index is 0.0427. The summed E-state index contributed by atoms with van der Waals surface area (Å²) in [5, 5.41) is 11.2. The van der Waals surface area contributed by atoms with E-state index in [-0.39, 0.29) is 16.6 Å². The Morgan fingerprint density at radius 1 is 1.45 bits per heavy atom. The topological polar surface area (TPSA) is 80.5 Å². The molecule has 0 aliphatic carbocycles. The minimum Gasteiger partial charge on any atom is -0.366 e. The second kappa shape index (κ2) is 6.45. The van der Waals surface area contributed by atoms with Gasteiger partial charge in [-0.25, -0.2) is 8.42 Å². The highest BCUT2D eigenvalue weighted by Crippen LogP contribution is 2.31. The summed E-state index contributed by atoms with van der Waals surface area (Å²) in [7, 11) is -1.69. The second-order valence-corrected chi connectivity index (χ2v) is 7.52. The number of nitrogens with zero attached hydrogens (tertiary/aromatic N) is 2. The predicted octanol–water partition coefficient (Wildman–Crippen LogP) is 2.19. The van der Waals surface area contributed by atoms with Gasteiger partial charge in [-0.05, 0) is 25.3 Å². The van der Waals surface area contributed by atoms with Crippen LogP contribution in [0.2, 0.25) is 0 Å². The molecule has 0 aliphatic heterocycles. The number of nitro groups is 1. The van der Waals surface area contributed by atoms with Crippen LogP contribution in [0.3, 0.4) is 0 Å². The molecule has 1 aromatic carbocycles. The molecule has 0 saturated carbocycles. The lowest BCUT2D eigenvalue weighted by Gasteiger charge is -2.26. The van der Waals surface area contributed by atoms with Crippen molar-refractivity contribution in [2.45, 2.75) is 17.9 Å². The van der Waals surface area contributed by atoms with E-state index >= 15 is 0 Å². The summed E-state index contributed by atoms with van der Waals surface area (Å²) in [4.78, 5) is 12.4. The maximum absolute atomic E-state index is 11.5. The van der Waals surface area contributed by atoms with E-state index in [2.05, 4.69) is 0 Å². The molecule has 1 rings (SSSR count). The highest BCUT2D eigenvalue weighted by Gasteiger charge is 2.23. The van der Waals surface area contributed by atoms with Crippen molar-refractivity contribution in [3.8, 4) is 0 Å². The van der Waals surface area contributed by atoms with E-state index < -0.39 is 14.8 Å². The van der Waals surface area contributed by atoms with E-state index in [0.29, 0.717) is 5.69 Å². The van der Waals surface area contributed by atoms with Crippen molar-refractivity contribution >= 4 is 33.0 Å². The molecule has 1 aromatic rings. The first-order chi connectivity index (χ1) is 9.18. The van der Waals surface area contributed by atoms with Crippen molar-refractivity contribution in [3.05, 3.63) is 28.3 Å². The standard InChI is InChI=1S/C12H18N2O4S2/c1-9(8-19-3)13(2)11-6-5-10(20(4,17)18)7-12(11)14(15)16/h5-7,9H,8H2,1-4H3. The van der Waals surface area contributed by atoms with Crippen LogP contribution in [0.25, 0.3) is 0 Å². The molecule has 8 heteroatoms. The van der Waals surface area contributed by atoms with Crippen molar-refractivity contribution in [1.29, 1.82) is 0 Å². The van der Waals surface area contributed by atoms with Crippen molar-refractivity contribution in [3.63, 3.8) is 0 Å². The van der Waals surface area contributed by atoms with Crippen LogP contribution >= 0.6 is 11.8 Å². The maximum Gasteiger partial charge on any atom is 0.293 e. The minimum atomic E-state index is -3.46. The summed E-state index contributed by atoms with van der Waals surface area (Å²) in [5.74, 6) is 0.821. The molecule has 1 unspecified atom stereocenters. The van der Waals surface area contributed by atoms with Crippen LogP contribution < -0.4 is 4.90 Å². The van der Waals surface area contributed by atoms with Gasteiger partial charge < -0.3 is 4.90 Å². The highest BCUT2D eigenvalue weighted by molar-refractivity contribution is 7.98. The predicted molar refractivity (Wildman–Crippen MR) is 82.5 cm³/mol. The number of nitro benzene ring substituents is 1. The van der Waals surface area contributed by atoms with Crippen LogP contribution in [0.1, 0.15) is 6.92 Å². The number of hydrogen-bond acceptors (Lipinski definition) is 6. The quantitative estimate of drug-likeness (QED) is 0.591. The average Bonchev–Trinajstić information content (AvgIpc) is 2.36. The fourth-order valence-electron chi connectivity index (χ4n) is 1.77. The van der Waals surface area contributed by atoms with Crippen LogP contribution in [-0.4, -0.2) is 44.7 Å². The molecule has 0 fully saturated rings. The fraction of sp³-hybridized carbons (Fsp3) is 0.500. The van der Waals surface area contributed by atoms with Crippen molar-refractivity contribution in [2.24, 2.45) is 0 Å². The van der Waals surface area contributed by atoms with Gasteiger partial charge in [0.2, 0.25) is 0 Å². The van der Waals surface area contributed by atoms with Gasteiger partial charge in [0.15, 0.2) is 9.84 Å². The number of sulfone groups is 1. The van der Waals surface area contributed by atoms with E-state index in [4.69, 9.17) is 0 Å². The van der Waals surface area contributed by atoms with Gasteiger partial charge in [0, 0.05) is 31.2 Å². The van der Waals surface area contributed by atoms with Crippen LogP contribution in [-0.2, 0) is 9.84 Å². The first-order valence-corrected chi connectivity index (χ1v) is 9.17. The summed E-state index contributed by atoms with van der Waals surface area (Å²) >= 11 is 1.65. The van der Waals surface area contributed by atoms with Gasteiger partial charge in [0.1, 0.15) is 5.69 Å². The summed E-state index contributed by atoms with van der Waals surface area (Å²) in [6, 6.07) is 4.12. The van der Waals surface area contributed by atoms with Crippen molar-refractivity contribution < 1.29 is 13.3 Å². The largest absolute Gasteiger partial charge is 0.366 e. The Morgan fingerprint density at radius 2 is 2.05 bits per heavy atom. The molecule has 20 heavy (non-hydrogen) atoms. The molecule has 1 atom stereocenters. The van der Waals surface area contributed by atoms with Crippen LogP contribution in [0, 0.1) is 10.1 Å². The number of hydrogen-bond donors (Lipinski definition) is 0. The summed E-state index contributed by atoms with van der Waals surface area (Å²) < 4.78 is 23.0. The van der Waals surface area contributed by atoms with Crippen LogP contribution in [0.4, 0.5) is 11.4 Å². The first kappa shape index (κ1) is 16.8. The van der Waals surface area contributed by atoms with E-state index in [9.17, 15) is 18.5 Å². The molecule has 6 nitrogen and oxygen atoms in total. The Kier molecular flexibility index (Phi) is 5.41. The SMILES string of the molecule is CSCC(C)N(C)c1ccc(S(C)(=O)=O)cc1[N+](=O)[O-]. The van der Waals surface area contributed by atoms with Gasteiger partial charge in [-0.15, -0.1) is 0 Å². The number of benzene rings is 1. The Bertz CT molecular complexity index is 601. The highest BCUT2D eigenvalue weighted by atomic mass is 32.2. The summed E-state index contributed by atoms with van der Waals surface area (Å²) in [6.45, 7) is 1.96. The molecule has 0 saturated heterocycles. The third-order valence-electron chi connectivity index (χ3n) is 3.02. The molecule has 0 spiro atoms. The Hall–Kier alpha value is -1.28. The monoisotopic (exact) mass is 318 g/mol. The number of thioether (sulfide) groups is 1. The van der Waals surface area contributed by atoms with Crippen LogP contribution in [0.5, 0.6) is 0 Å². The molecular weight excluding hydrogens is 300 g/mol. The third-order valence-corrected chi connectivity index (χ3v) is 4.95. The lowest BCUT2D eigenvalue weighted by atomic mass is 10.2. The zero-order valence-corrected chi connectivity index (χ0v) is 13.5. The Morgan fingerprint density at radius 3 is 2.50 bits per heavy atom. The van der Waals surface area contributed by atoms with Gasteiger partial charge in [-0.2, -0.15) is 11.8 Å². The van der Waals surface area contributed by atoms with Crippen molar-refractivity contribution in [2.75, 3.05) is 30.2 Å². The number of anilines is 1. The summed E-state index contributed by atoms with van der Waals surface area (Å²) in [6.07, 6.45) is 3.00. The first-order valence-electron chi connectivity index (χ1n) is 5.88. The maximum atomic E-state index is 11.5. The zero-order chi connectivity index (χ0) is 15.5. The van der Waals surface area contributed by atoms with Gasteiger partial charge in [-0.1, -0.05) is 0 Å². The van der Waals surface area contributed by atoms with E-state index in [1.165, 1.54) is 12.1 Å². The lowest BCUT2D eigenvalue weighted by Crippen LogP contribution is -2.31.